The smallest absolute Gasteiger partial charge is 0.255 e. The van der Waals surface area contributed by atoms with Crippen LogP contribution in [-0.4, -0.2) is 44.9 Å². The van der Waals surface area contributed by atoms with E-state index in [0.29, 0.717) is 35.2 Å². The maximum atomic E-state index is 13.2. The number of rotatable bonds is 7. The summed E-state index contributed by atoms with van der Waals surface area (Å²) in [5.41, 5.74) is 3.68. The first-order chi connectivity index (χ1) is 19.1. The second kappa shape index (κ2) is 9.86. The van der Waals surface area contributed by atoms with Crippen molar-refractivity contribution < 1.29 is 14.4 Å². The Morgan fingerprint density at radius 1 is 1.23 bits per heavy atom. The number of carbonyl (C=O) groups excluding carboxylic acids is 3. The zero-order valence-electron chi connectivity index (χ0n) is 22.5. The predicted molar refractivity (Wildman–Crippen MR) is 148 cm³/mol. The first-order valence-electron chi connectivity index (χ1n) is 13.5. The lowest BCUT2D eigenvalue weighted by Crippen LogP contribution is -2.43. The van der Waals surface area contributed by atoms with Crippen LogP contribution in [-0.2, 0) is 4.79 Å². The summed E-state index contributed by atoms with van der Waals surface area (Å²) in [7, 11) is 0. The second-order valence-electron chi connectivity index (χ2n) is 11.2. The number of piperidine rings is 1. The lowest BCUT2D eigenvalue weighted by atomic mass is 9.74. The summed E-state index contributed by atoms with van der Waals surface area (Å²) in [5, 5.41) is 17.5. The summed E-state index contributed by atoms with van der Waals surface area (Å²) in [6.07, 6.45) is 5.71. The molecule has 0 bridgehead atoms. The molecule has 3 aliphatic rings. The van der Waals surface area contributed by atoms with Crippen LogP contribution < -0.4 is 10.2 Å². The number of nitrogens with zero attached hydrogens (tertiary/aromatic N) is 5. The molecule has 3 heterocycles. The van der Waals surface area contributed by atoms with Gasteiger partial charge in [-0.1, -0.05) is 11.6 Å². The highest BCUT2D eigenvalue weighted by Crippen LogP contribution is 2.47. The van der Waals surface area contributed by atoms with Gasteiger partial charge in [0.15, 0.2) is 5.78 Å². The lowest BCUT2D eigenvalue weighted by Gasteiger charge is -2.36. The predicted octanol–water partition coefficient (Wildman–Crippen LogP) is 4.58. The van der Waals surface area contributed by atoms with Gasteiger partial charge in [-0.2, -0.15) is 10.4 Å². The highest BCUT2D eigenvalue weighted by molar-refractivity contribution is 6.30. The third-order valence-corrected chi connectivity index (χ3v) is 8.78. The molecule has 2 aliphatic carbocycles. The summed E-state index contributed by atoms with van der Waals surface area (Å²) in [6, 6.07) is 9.00. The van der Waals surface area contributed by atoms with E-state index in [1.165, 1.54) is 6.92 Å². The lowest BCUT2D eigenvalue weighted by molar-refractivity contribution is -0.118. The average molecular weight is 557 g/mol. The van der Waals surface area contributed by atoms with Crippen molar-refractivity contribution in [3.63, 3.8) is 0 Å². The number of fused-ring (bicyclic) bond motifs is 1. The van der Waals surface area contributed by atoms with Crippen LogP contribution in [0, 0.1) is 30.1 Å². The van der Waals surface area contributed by atoms with Crippen LogP contribution in [0.5, 0.6) is 0 Å². The molecule has 3 fully saturated rings. The number of anilines is 1. The van der Waals surface area contributed by atoms with Crippen LogP contribution in [0.4, 0.5) is 5.82 Å². The van der Waals surface area contributed by atoms with Crippen molar-refractivity contribution in [2.75, 3.05) is 11.4 Å². The number of amides is 2. The molecule has 0 spiro atoms. The maximum Gasteiger partial charge on any atom is 0.255 e. The molecule has 3 atom stereocenters. The fraction of sp³-hybridized carbons (Fsp3) is 0.400. The molecule has 1 saturated heterocycles. The van der Waals surface area contributed by atoms with Crippen LogP contribution >= 0.6 is 11.6 Å². The van der Waals surface area contributed by atoms with Crippen LogP contribution in [0.15, 0.2) is 36.7 Å². The Kier molecular flexibility index (Phi) is 6.46. The Bertz CT molecular complexity index is 1600. The number of pyridine rings is 1. The molecule has 3 aromatic rings. The molecule has 1 unspecified atom stereocenters. The van der Waals surface area contributed by atoms with E-state index in [0.717, 1.165) is 29.7 Å². The van der Waals surface area contributed by atoms with Crippen molar-refractivity contribution in [3.8, 4) is 6.07 Å². The van der Waals surface area contributed by atoms with Gasteiger partial charge in [-0.05, 0) is 85.9 Å². The van der Waals surface area contributed by atoms with E-state index in [9.17, 15) is 19.6 Å². The molecule has 9 nitrogen and oxygen atoms in total. The van der Waals surface area contributed by atoms with Crippen molar-refractivity contribution in [1.82, 2.24) is 20.1 Å². The molecule has 204 valence electrons. The number of aromatic nitrogens is 3. The maximum absolute atomic E-state index is 13.2. The molecule has 1 aliphatic heterocycles. The number of nitriles is 1. The molecular weight excluding hydrogens is 528 g/mol. The van der Waals surface area contributed by atoms with Crippen LogP contribution in [0.3, 0.4) is 0 Å². The van der Waals surface area contributed by atoms with Crippen molar-refractivity contribution in [2.45, 2.75) is 58.0 Å². The minimum atomic E-state index is -0.352. The molecule has 2 amide bonds. The Morgan fingerprint density at radius 3 is 2.65 bits per heavy atom. The van der Waals surface area contributed by atoms with Gasteiger partial charge in [0.05, 0.1) is 23.2 Å². The first-order valence-corrected chi connectivity index (χ1v) is 13.9. The van der Waals surface area contributed by atoms with Crippen molar-refractivity contribution in [3.05, 3.63) is 75.2 Å². The molecule has 6 rings (SSSR count). The quantitative estimate of drug-likeness (QED) is 0.425. The zero-order chi connectivity index (χ0) is 28.3. The van der Waals surface area contributed by atoms with E-state index >= 15 is 0 Å². The van der Waals surface area contributed by atoms with Gasteiger partial charge >= 0.3 is 0 Å². The highest BCUT2D eigenvalue weighted by Gasteiger charge is 2.52. The minimum absolute atomic E-state index is 0.0815. The second-order valence-corrected chi connectivity index (χ2v) is 11.7. The summed E-state index contributed by atoms with van der Waals surface area (Å²) < 4.78 is 1.63. The molecule has 0 radical (unpaired) electrons. The van der Waals surface area contributed by atoms with Gasteiger partial charge in [0.2, 0.25) is 5.91 Å². The number of carbonyl (C=O) groups is 3. The first kappa shape index (κ1) is 26.2. The number of ketones is 1. The van der Waals surface area contributed by atoms with Crippen molar-refractivity contribution in [1.29, 1.82) is 5.26 Å². The number of hydrogen-bond acceptors (Lipinski definition) is 6. The van der Waals surface area contributed by atoms with E-state index in [-0.39, 0.29) is 52.8 Å². The Balaban J connectivity index is 1.16. The number of aryl methyl sites for hydroxylation is 1. The SMILES string of the molecule is CC(=O)c1nn(C(C)c2cnc(N3C[C@H]4C[C@H]4C3=O)cc2C)cc1C(=O)N[C@H]1C[C@@H](c2cc(Cl)ccc2C#N)C1. The van der Waals surface area contributed by atoms with Gasteiger partial charge in [-0.25, -0.2) is 4.98 Å². The number of halogens is 1. The third-order valence-electron chi connectivity index (χ3n) is 8.54. The summed E-state index contributed by atoms with van der Waals surface area (Å²) in [5.74, 6) is 0.929. The largest absolute Gasteiger partial charge is 0.349 e. The van der Waals surface area contributed by atoms with Gasteiger partial charge in [-0.15, -0.1) is 0 Å². The standard InChI is InChI=1S/C30H29ClN6O3/c1-15-6-27(36-13-20-9-24(20)30(36)40)33-12-25(15)16(2)37-14-26(28(35-37)17(3)38)29(39)34-22-7-19(8-22)23-10-21(31)5-4-18(23)11-32/h4-6,10,12,14,16,19-20,22,24H,7-9,13H2,1-3H3,(H,34,39)/t16?,19-,20-,22+,24-/m1/s1. The normalized spacial score (nSPS) is 23.7. The van der Waals surface area contributed by atoms with Crippen molar-refractivity contribution >= 4 is 35.0 Å². The third kappa shape index (κ3) is 4.56. The minimum Gasteiger partial charge on any atom is -0.349 e. The summed E-state index contributed by atoms with van der Waals surface area (Å²) in [4.78, 5) is 44.5. The van der Waals surface area contributed by atoms with Gasteiger partial charge < -0.3 is 5.32 Å². The molecule has 40 heavy (non-hydrogen) atoms. The molecule has 1 N–H and O–H groups in total. The van der Waals surface area contributed by atoms with E-state index in [4.69, 9.17) is 11.6 Å². The molecule has 2 saturated carbocycles. The number of nitrogens with one attached hydrogen (secondary N) is 1. The molecule has 1 aromatic carbocycles. The molecular formula is C30H29ClN6O3. The molecule has 10 heteroatoms. The van der Waals surface area contributed by atoms with E-state index in [2.05, 4.69) is 21.5 Å². The number of Topliss-reactive ketones (excluding diaryl/α,β-unsaturated/α-hetero) is 1. The fourth-order valence-electron chi connectivity index (χ4n) is 6.00. The molecule has 2 aromatic heterocycles. The van der Waals surface area contributed by atoms with E-state index in [1.54, 1.807) is 34.1 Å². The average Bonchev–Trinajstić information content (AvgIpc) is 3.40. The topological polar surface area (TPSA) is 121 Å². The van der Waals surface area contributed by atoms with E-state index in [1.807, 2.05) is 26.0 Å². The summed E-state index contributed by atoms with van der Waals surface area (Å²) in [6.45, 7) is 6.03. The number of hydrogen-bond donors (Lipinski definition) is 1. The number of benzene rings is 1. The summed E-state index contributed by atoms with van der Waals surface area (Å²) >= 11 is 6.14. The zero-order valence-corrected chi connectivity index (χ0v) is 23.3. The van der Waals surface area contributed by atoms with Crippen LogP contribution in [0.1, 0.15) is 88.2 Å². The highest BCUT2D eigenvalue weighted by atomic mass is 35.5. The van der Waals surface area contributed by atoms with Crippen LogP contribution in [0.2, 0.25) is 5.02 Å². The monoisotopic (exact) mass is 556 g/mol. The van der Waals surface area contributed by atoms with Gasteiger partial charge in [-0.3, -0.25) is 24.0 Å². The van der Waals surface area contributed by atoms with Gasteiger partial charge in [0.1, 0.15) is 11.5 Å². The Morgan fingerprint density at radius 2 is 2.00 bits per heavy atom. The van der Waals surface area contributed by atoms with Crippen molar-refractivity contribution in [2.24, 2.45) is 11.8 Å². The Labute approximate surface area is 237 Å². The van der Waals surface area contributed by atoms with E-state index < -0.39 is 0 Å². The van der Waals surface area contributed by atoms with Gasteiger partial charge in [0, 0.05) is 42.8 Å². The van der Waals surface area contributed by atoms with Gasteiger partial charge in [0.25, 0.3) is 5.91 Å². The fourth-order valence-corrected chi connectivity index (χ4v) is 6.18. The Hall–Kier alpha value is -4.03. The van der Waals surface area contributed by atoms with Crippen LogP contribution in [0.25, 0.3) is 0 Å².